The first kappa shape index (κ1) is 18.9. The van der Waals surface area contributed by atoms with Gasteiger partial charge in [-0.3, -0.25) is 0 Å². The average molecular weight is 374 g/mol. The fraction of sp³-hybridized carbons (Fsp3) is 0.429. The summed E-state index contributed by atoms with van der Waals surface area (Å²) in [5.41, 5.74) is 3.61. The van der Waals surface area contributed by atoms with Crippen molar-refractivity contribution in [3.63, 3.8) is 0 Å². The lowest BCUT2D eigenvalue weighted by Crippen LogP contribution is -2.39. The van der Waals surface area contributed by atoms with E-state index in [1.165, 1.54) is 16.7 Å². The number of ether oxygens (including phenoxy) is 2. The molecule has 0 fully saturated rings. The molecule has 0 spiro atoms. The van der Waals surface area contributed by atoms with Crippen LogP contribution in [-0.4, -0.2) is 29.3 Å². The fourth-order valence-electron chi connectivity index (χ4n) is 3.62. The molecule has 1 heterocycles. The standard InChI is InChI=1S/C21H27NO3S/c1-14(2)21-18-13-20(25-5)19(24-4)12-16(18)10-11-22(21)26(23)17-8-6-15(3)7-9-17/h6-9,12-14,21H,10-11H2,1-5H3/t21-,26+/m0/s1. The smallest absolute Gasteiger partial charge is 0.161 e. The molecule has 0 unspecified atom stereocenters. The highest BCUT2D eigenvalue weighted by Gasteiger charge is 2.34. The van der Waals surface area contributed by atoms with Crippen LogP contribution in [0.15, 0.2) is 41.3 Å². The first-order valence-corrected chi connectivity index (χ1v) is 10.1. The molecule has 2 aromatic carbocycles. The van der Waals surface area contributed by atoms with Crippen LogP contribution in [0.3, 0.4) is 0 Å². The molecule has 0 bridgehead atoms. The third kappa shape index (κ3) is 3.51. The number of aryl methyl sites for hydroxylation is 1. The molecule has 0 saturated carbocycles. The van der Waals surface area contributed by atoms with Gasteiger partial charge in [-0.2, -0.15) is 0 Å². The van der Waals surface area contributed by atoms with Gasteiger partial charge in [-0.05, 0) is 54.7 Å². The highest BCUT2D eigenvalue weighted by Crippen LogP contribution is 2.42. The SMILES string of the molecule is COc1cc2c(cc1OC)[C@H](C(C)C)N([S@](=O)c1ccc(C)cc1)CC2. The van der Waals surface area contributed by atoms with E-state index in [9.17, 15) is 4.21 Å². The van der Waals surface area contributed by atoms with Crippen LogP contribution < -0.4 is 9.47 Å². The molecule has 0 radical (unpaired) electrons. The number of hydrogen-bond donors (Lipinski definition) is 0. The molecule has 140 valence electrons. The van der Waals surface area contributed by atoms with Crippen LogP contribution in [0.4, 0.5) is 0 Å². The summed E-state index contributed by atoms with van der Waals surface area (Å²) >= 11 is 0. The van der Waals surface area contributed by atoms with E-state index in [1.807, 2.05) is 31.2 Å². The third-order valence-corrected chi connectivity index (χ3v) is 6.45. The lowest BCUT2D eigenvalue weighted by atomic mass is 9.87. The van der Waals surface area contributed by atoms with Crippen molar-refractivity contribution in [2.45, 2.75) is 38.1 Å². The van der Waals surface area contributed by atoms with Crippen molar-refractivity contribution in [3.8, 4) is 11.5 Å². The molecule has 5 heteroatoms. The Morgan fingerprint density at radius 3 is 2.27 bits per heavy atom. The Hall–Kier alpha value is -1.85. The van der Waals surface area contributed by atoms with Crippen molar-refractivity contribution in [3.05, 3.63) is 53.1 Å². The van der Waals surface area contributed by atoms with Crippen LogP contribution in [0.5, 0.6) is 11.5 Å². The minimum Gasteiger partial charge on any atom is -0.493 e. The number of methoxy groups -OCH3 is 2. The summed E-state index contributed by atoms with van der Waals surface area (Å²) in [6.07, 6.45) is 0.844. The van der Waals surface area contributed by atoms with Crippen molar-refractivity contribution in [2.75, 3.05) is 20.8 Å². The molecule has 0 N–H and O–H groups in total. The van der Waals surface area contributed by atoms with Crippen molar-refractivity contribution < 1.29 is 13.7 Å². The van der Waals surface area contributed by atoms with Gasteiger partial charge in [-0.25, -0.2) is 8.51 Å². The van der Waals surface area contributed by atoms with Crippen LogP contribution in [0.25, 0.3) is 0 Å². The number of rotatable bonds is 5. The van der Waals surface area contributed by atoms with Gasteiger partial charge in [0, 0.05) is 6.54 Å². The Morgan fingerprint density at radius 1 is 1.08 bits per heavy atom. The van der Waals surface area contributed by atoms with E-state index in [4.69, 9.17) is 9.47 Å². The summed E-state index contributed by atoms with van der Waals surface area (Å²) in [7, 11) is 2.12. The van der Waals surface area contributed by atoms with Gasteiger partial charge in [0.2, 0.25) is 0 Å². The molecule has 1 aliphatic heterocycles. The minimum absolute atomic E-state index is 0.0701. The molecule has 0 amide bonds. The lowest BCUT2D eigenvalue weighted by molar-refractivity contribution is 0.257. The second-order valence-electron chi connectivity index (χ2n) is 7.05. The van der Waals surface area contributed by atoms with Crippen LogP contribution in [-0.2, 0) is 17.4 Å². The Balaban J connectivity index is 2.02. The monoisotopic (exact) mass is 373 g/mol. The Bertz CT molecular complexity index is 802. The van der Waals surface area contributed by atoms with E-state index >= 15 is 0 Å². The first-order valence-electron chi connectivity index (χ1n) is 8.96. The summed E-state index contributed by atoms with van der Waals surface area (Å²) in [5.74, 6) is 1.79. The van der Waals surface area contributed by atoms with Crippen molar-refractivity contribution in [1.29, 1.82) is 0 Å². The summed E-state index contributed by atoms with van der Waals surface area (Å²) < 4.78 is 26.4. The van der Waals surface area contributed by atoms with E-state index in [-0.39, 0.29) is 6.04 Å². The van der Waals surface area contributed by atoms with E-state index in [2.05, 4.69) is 30.3 Å². The molecule has 1 aliphatic rings. The first-order chi connectivity index (χ1) is 12.5. The summed E-state index contributed by atoms with van der Waals surface area (Å²) in [6.45, 7) is 7.15. The molecule has 0 aromatic heterocycles. The molecule has 3 rings (SSSR count). The Labute approximate surface area is 158 Å². The van der Waals surface area contributed by atoms with Crippen LogP contribution in [0.2, 0.25) is 0 Å². The van der Waals surface area contributed by atoms with Crippen molar-refractivity contribution in [2.24, 2.45) is 5.92 Å². The van der Waals surface area contributed by atoms with Gasteiger partial charge >= 0.3 is 0 Å². The van der Waals surface area contributed by atoms with Crippen molar-refractivity contribution in [1.82, 2.24) is 4.31 Å². The molecule has 26 heavy (non-hydrogen) atoms. The zero-order chi connectivity index (χ0) is 18.8. The van der Waals surface area contributed by atoms with Gasteiger partial charge in [-0.15, -0.1) is 0 Å². The van der Waals surface area contributed by atoms with Gasteiger partial charge in [0.1, 0.15) is 11.0 Å². The number of hydrogen-bond acceptors (Lipinski definition) is 3. The second kappa shape index (κ2) is 7.80. The van der Waals surface area contributed by atoms with Gasteiger partial charge in [0.15, 0.2) is 11.5 Å². The van der Waals surface area contributed by atoms with E-state index < -0.39 is 11.0 Å². The quantitative estimate of drug-likeness (QED) is 0.785. The van der Waals surface area contributed by atoms with Gasteiger partial charge in [0.05, 0.1) is 25.2 Å². The molecule has 0 aliphatic carbocycles. The predicted molar refractivity (Wildman–Crippen MR) is 105 cm³/mol. The maximum Gasteiger partial charge on any atom is 0.161 e. The molecular formula is C21H27NO3S. The molecule has 0 saturated heterocycles. The topological polar surface area (TPSA) is 38.8 Å². The normalized spacial score (nSPS) is 18.5. The summed E-state index contributed by atoms with van der Waals surface area (Å²) in [5, 5.41) is 0. The fourth-order valence-corrected chi connectivity index (χ4v) is 5.08. The number of benzene rings is 2. The third-order valence-electron chi connectivity index (χ3n) is 4.94. The van der Waals surface area contributed by atoms with Gasteiger partial charge < -0.3 is 9.47 Å². The zero-order valence-corrected chi connectivity index (χ0v) is 16.9. The highest BCUT2D eigenvalue weighted by atomic mass is 32.2. The zero-order valence-electron chi connectivity index (χ0n) is 16.1. The van der Waals surface area contributed by atoms with E-state index in [0.29, 0.717) is 5.92 Å². The lowest BCUT2D eigenvalue weighted by Gasteiger charge is -2.38. The second-order valence-corrected chi connectivity index (χ2v) is 8.49. The number of fused-ring (bicyclic) bond motifs is 1. The van der Waals surface area contributed by atoms with Crippen LogP contribution in [0.1, 0.15) is 36.6 Å². The number of nitrogens with zero attached hydrogens (tertiary/aromatic N) is 1. The summed E-state index contributed by atoms with van der Waals surface area (Å²) in [6, 6.07) is 12.2. The molecule has 2 aromatic rings. The van der Waals surface area contributed by atoms with Crippen LogP contribution in [0, 0.1) is 12.8 Å². The highest BCUT2D eigenvalue weighted by molar-refractivity contribution is 7.82. The largest absolute Gasteiger partial charge is 0.493 e. The minimum atomic E-state index is -1.19. The maximum absolute atomic E-state index is 13.3. The van der Waals surface area contributed by atoms with Gasteiger partial charge in [-0.1, -0.05) is 31.5 Å². The van der Waals surface area contributed by atoms with E-state index in [0.717, 1.165) is 29.4 Å². The summed E-state index contributed by atoms with van der Waals surface area (Å²) in [4.78, 5) is 0.852. The Morgan fingerprint density at radius 2 is 1.69 bits per heavy atom. The molecule has 4 nitrogen and oxygen atoms in total. The average Bonchev–Trinajstić information content (AvgIpc) is 2.65. The van der Waals surface area contributed by atoms with Gasteiger partial charge in [0.25, 0.3) is 0 Å². The Kier molecular flexibility index (Phi) is 5.68. The van der Waals surface area contributed by atoms with E-state index in [1.54, 1.807) is 14.2 Å². The molecule has 2 atom stereocenters. The van der Waals surface area contributed by atoms with Crippen LogP contribution >= 0.6 is 0 Å². The molecular weight excluding hydrogens is 346 g/mol. The predicted octanol–water partition coefficient (Wildman–Crippen LogP) is 4.29. The maximum atomic E-state index is 13.3. The van der Waals surface area contributed by atoms with Crippen molar-refractivity contribution >= 4 is 11.0 Å².